The Balaban J connectivity index is 1.22. The lowest BCUT2D eigenvalue weighted by Gasteiger charge is -2.34. The molecule has 358 valence electrons. The van der Waals surface area contributed by atoms with Crippen molar-refractivity contribution in [1.82, 2.24) is 25.2 Å². The summed E-state index contributed by atoms with van der Waals surface area (Å²) >= 11 is 0. The Morgan fingerprint density at radius 3 is 2.42 bits per heavy atom. The highest BCUT2D eigenvalue weighted by Gasteiger charge is 2.62. The number of sulfonamides is 1. The fourth-order valence-corrected chi connectivity index (χ4v) is 9.39. The van der Waals surface area contributed by atoms with E-state index in [0.29, 0.717) is 78.7 Å². The molecule has 19 heteroatoms. The molecule has 4 amide bonds. The molecule has 5 atom stereocenters. The molecule has 0 radical (unpaired) electrons. The number of halogens is 2. The molecule has 0 bridgehead atoms. The topological polar surface area (TPSA) is 201 Å². The third-order valence-electron chi connectivity index (χ3n) is 12.6. The van der Waals surface area contributed by atoms with E-state index in [4.69, 9.17) is 28.7 Å². The molecule has 7 rings (SSSR count). The Morgan fingerprint density at radius 2 is 1.76 bits per heavy atom. The van der Waals surface area contributed by atoms with Gasteiger partial charge >= 0.3 is 6.09 Å². The van der Waals surface area contributed by atoms with Gasteiger partial charge in [0.1, 0.15) is 42.7 Å². The lowest BCUT2D eigenvalue weighted by molar-refractivity contribution is -0.151. The number of alkyl halides is 2. The van der Waals surface area contributed by atoms with Gasteiger partial charge in [0.25, 0.3) is 11.8 Å². The first-order chi connectivity index (χ1) is 31.2. The number of fused-ring (bicyclic) bond motifs is 2. The number of likely N-dealkylation sites (tertiary alicyclic amines) is 1. The number of pyridine rings is 1. The van der Waals surface area contributed by atoms with Gasteiger partial charge in [-0.1, -0.05) is 45.8 Å². The molecule has 5 unspecified atom stereocenters. The largest absolute Gasteiger partial charge is 0.497 e. The van der Waals surface area contributed by atoms with Gasteiger partial charge in [-0.05, 0) is 93.3 Å². The Bertz CT molecular complexity index is 2490. The number of ether oxygens (including phenoxy) is 5. The molecule has 3 N–H and O–H groups in total. The van der Waals surface area contributed by atoms with Crippen molar-refractivity contribution in [2.75, 3.05) is 26.9 Å². The predicted molar refractivity (Wildman–Crippen MR) is 240 cm³/mol. The Morgan fingerprint density at radius 1 is 1.03 bits per heavy atom. The molecule has 4 aliphatic rings. The van der Waals surface area contributed by atoms with E-state index in [0.717, 1.165) is 26.7 Å². The quantitative estimate of drug-likeness (QED) is 0.0933. The lowest BCUT2D eigenvalue weighted by atomic mass is 10.0. The van der Waals surface area contributed by atoms with Crippen LogP contribution in [0.3, 0.4) is 0 Å². The molecule has 1 saturated heterocycles. The van der Waals surface area contributed by atoms with E-state index in [1.54, 1.807) is 45.2 Å². The van der Waals surface area contributed by atoms with Crippen LogP contribution in [0.25, 0.3) is 22.0 Å². The van der Waals surface area contributed by atoms with Crippen molar-refractivity contribution in [3.05, 3.63) is 54.6 Å². The molecular weight excluding hydrogens is 881 g/mol. The molecule has 66 heavy (non-hydrogen) atoms. The third kappa shape index (κ3) is 10.4. The minimum absolute atomic E-state index is 0.111. The average Bonchev–Trinajstić information content (AvgIpc) is 4.20. The zero-order chi connectivity index (χ0) is 47.8. The molecular formula is C47H59F2N5O11S. The van der Waals surface area contributed by atoms with Gasteiger partial charge in [0, 0.05) is 30.2 Å². The molecule has 2 saturated carbocycles. The van der Waals surface area contributed by atoms with Crippen molar-refractivity contribution in [3.8, 4) is 34.4 Å². The normalized spacial score (nSPS) is 22.2. The number of carbonyl (C=O) groups is 4. The van der Waals surface area contributed by atoms with E-state index in [1.807, 2.05) is 37.3 Å². The summed E-state index contributed by atoms with van der Waals surface area (Å²) in [4.78, 5) is 62.8. The predicted octanol–water partition coefficient (Wildman–Crippen LogP) is 6.44. The Labute approximate surface area is 383 Å². The van der Waals surface area contributed by atoms with Gasteiger partial charge in [-0.25, -0.2) is 27.0 Å². The number of unbranched alkanes of at least 4 members (excludes halogenated alkanes) is 2. The van der Waals surface area contributed by atoms with Gasteiger partial charge < -0.3 is 39.2 Å². The van der Waals surface area contributed by atoms with Gasteiger partial charge in [-0.3, -0.25) is 19.1 Å². The molecule has 2 aromatic carbocycles. The fraction of sp³-hybridized carbons (Fsp3) is 0.553. The number of rotatable bonds is 18. The fourth-order valence-electron chi connectivity index (χ4n) is 8.02. The number of nitrogens with one attached hydrogen (secondary N) is 3. The molecule has 1 aromatic heterocycles. The minimum Gasteiger partial charge on any atom is -0.497 e. The number of nitrogens with zero attached hydrogens (tertiary/aromatic N) is 2. The van der Waals surface area contributed by atoms with Crippen molar-refractivity contribution < 1.29 is 60.1 Å². The number of carbonyl (C=O) groups excluding carboxylic acids is 4. The van der Waals surface area contributed by atoms with E-state index in [9.17, 15) is 36.4 Å². The second-order valence-electron chi connectivity index (χ2n) is 18.4. The highest BCUT2D eigenvalue weighted by atomic mass is 32.2. The zero-order valence-corrected chi connectivity index (χ0v) is 39.1. The first-order valence-corrected chi connectivity index (χ1v) is 24.0. The van der Waals surface area contributed by atoms with Gasteiger partial charge in [-0.2, -0.15) is 0 Å². The third-order valence-corrected chi connectivity index (χ3v) is 14.5. The van der Waals surface area contributed by atoms with Crippen LogP contribution >= 0.6 is 0 Å². The van der Waals surface area contributed by atoms with Crippen molar-refractivity contribution in [3.63, 3.8) is 0 Å². The summed E-state index contributed by atoms with van der Waals surface area (Å²) < 4.78 is 85.9. The van der Waals surface area contributed by atoms with Crippen LogP contribution in [-0.2, 0) is 29.1 Å². The number of alkyl carbamates (subject to hydrolysis) is 1. The van der Waals surface area contributed by atoms with Crippen LogP contribution in [0.5, 0.6) is 23.1 Å². The number of methoxy groups -OCH3 is 1. The molecule has 3 heterocycles. The van der Waals surface area contributed by atoms with E-state index in [2.05, 4.69) is 15.4 Å². The number of hydrogen-bond acceptors (Lipinski definition) is 12. The zero-order valence-electron chi connectivity index (χ0n) is 38.3. The summed E-state index contributed by atoms with van der Waals surface area (Å²) in [6.45, 7) is 8.59. The van der Waals surface area contributed by atoms with E-state index in [-0.39, 0.29) is 25.3 Å². The summed E-state index contributed by atoms with van der Waals surface area (Å²) in [5, 5.41) is 5.88. The van der Waals surface area contributed by atoms with Crippen molar-refractivity contribution in [2.24, 2.45) is 11.8 Å². The van der Waals surface area contributed by atoms with E-state index >= 15 is 0 Å². The summed E-state index contributed by atoms with van der Waals surface area (Å²) in [6, 6.07) is 9.94. The van der Waals surface area contributed by atoms with Crippen molar-refractivity contribution in [1.29, 1.82) is 0 Å². The minimum atomic E-state index is -4.00. The summed E-state index contributed by atoms with van der Waals surface area (Å²) in [5.41, 5.74) is -2.68. The monoisotopic (exact) mass is 939 g/mol. The van der Waals surface area contributed by atoms with Gasteiger partial charge in [0.2, 0.25) is 27.7 Å². The van der Waals surface area contributed by atoms with Crippen molar-refractivity contribution >= 4 is 44.6 Å². The summed E-state index contributed by atoms with van der Waals surface area (Å²) in [7, 11) is -2.45. The number of aromatic nitrogens is 1. The summed E-state index contributed by atoms with van der Waals surface area (Å²) in [5.74, 6) is -5.11. The standard InChI is InChI=1S/C47H59F2N5O11S/c1-8-9-10-11-12-30-25-47(30,43(57)53-66(59,60)33-15-16-33)52-40(55)36-24-32(26-54(36)42(56)39(27(2)3)51-44(58)65-45(4,5)46(6,48)49)64-41-34-17-14-31(61-7)21-29(34)22-35(50-41)28-13-18-37-38(23-28)63-20-19-62-37/h11-14,17-18,21-23,27,30,32-33,36,39H,8-10,15-16,19-20,24-26H2,1-7H3,(H,51,58)(H,52,55)(H,53,57). The van der Waals surface area contributed by atoms with Crippen LogP contribution in [0.2, 0.25) is 0 Å². The molecule has 3 aromatic rings. The maximum absolute atomic E-state index is 14.7. The molecule has 2 aliphatic carbocycles. The Kier molecular flexibility index (Phi) is 13.8. The molecule has 2 aliphatic heterocycles. The van der Waals surface area contributed by atoms with Crippen LogP contribution in [0, 0.1) is 11.8 Å². The molecule has 0 spiro atoms. The van der Waals surface area contributed by atoms with Crippen LogP contribution in [-0.4, -0.2) is 109 Å². The maximum Gasteiger partial charge on any atom is 0.408 e. The van der Waals surface area contributed by atoms with Gasteiger partial charge in [0.05, 0.1) is 24.6 Å². The Hall–Kier alpha value is -5.72. The van der Waals surface area contributed by atoms with Crippen molar-refractivity contribution in [2.45, 2.75) is 127 Å². The van der Waals surface area contributed by atoms with E-state index < -0.39 is 86.2 Å². The van der Waals surface area contributed by atoms with Crippen LogP contribution in [0.4, 0.5) is 13.6 Å². The highest BCUT2D eigenvalue weighted by Crippen LogP contribution is 2.46. The average molecular weight is 940 g/mol. The highest BCUT2D eigenvalue weighted by molar-refractivity contribution is 7.91. The van der Waals surface area contributed by atoms with Gasteiger partial charge in [0.15, 0.2) is 17.1 Å². The maximum atomic E-state index is 14.7. The SMILES string of the molecule is CCCCC=CC1CC1(NC(=O)C1CC(Oc2nc(-c3ccc4c(c3)OCCO4)cc3cc(OC)ccc23)CN1C(=O)C(NC(=O)OC(C)(C)C(C)(F)F)C(C)C)C(=O)NS(=O)(=O)C1CC1. The molecule has 16 nitrogen and oxygen atoms in total. The van der Waals surface area contributed by atoms with Gasteiger partial charge in [-0.15, -0.1) is 0 Å². The molecule has 3 fully saturated rings. The number of amides is 4. The summed E-state index contributed by atoms with van der Waals surface area (Å²) in [6.07, 6.45) is 4.88. The smallest absolute Gasteiger partial charge is 0.408 e. The van der Waals surface area contributed by atoms with E-state index in [1.165, 1.54) is 4.90 Å². The number of hydrogen-bond donors (Lipinski definition) is 3. The number of allylic oxidation sites excluding steroid dienone is 1. The van der Waals surface area contributed by atoms with Crippen LogP contribution < -0.4 is 34.3 Å². The van der Waals surface area contributed by atoms with Crippen LogP contribution in [0.1, 0.15) is 86.5 Å². The lowest BCUT2D eigenvalue weighted by Crippen LogP contribution is -2.59. The first-order valence-electron chi connectivity index (χ1n) is 22.4. The first kappa shape index (κ1) is 48.2. The van der Waals surface area contributed by atoms with Crippen LogP contribution in [0.15, 0.2) is 54.6 Å². The number of benzene rings is 2. The second-order valence-corrected chi connectivity index (χ2v) is 20.4. The second kappa shape index (κ2) is 18.9.